The highest BCUT2D eigenvalue weighted by atomic mass is 35.5. The van der Waals surface area contributed by atoms with Gasteiger partial charge >= 0.3 is 0 Å². The maximum absolute atomic E-state index is 11.7. The SMILES string of the molecule is C[C@H](NC(=O)C1(N)CC1)c1ccccc1Cl. The zero-order valence-corrected chi connectivity index (χ0v) is 9.92. The van der Waals surface area contributed by atoms with Gasteiger partial charge in [0.1, 0.15) is 0 Å². The predicted molar refractivity (Wildman–Crippen MR) is 64.2 cm³/mol. The molecular formula is C12H15ClN2O. The van der Waals surface area contributed by atoms with Crippen LogP contribution in [0.2, 0.25) is 5.02 Å². The lowest BCUT2D eigenvalue weighted by Gasteiger charge is -2.18. The number of nitrogens with one attached hydrogen (secondary N) is 1. The van der Waals surface area contributed by atoms with Crippen LogP contribution in [0.3, 0.4) is 0 Å². The zero-order chi connectivity index (χ0) is 11.8. The molecule has 1 atom stereocenters. The van der Waals surface area contributed by atoms with Gasteiger partial charge < -0.3 is 11.1 Å². The van der Waals surface area contributed by atoms with Gasteiger partial charge in [-0.1, -0.05) is 29.8 Å². The van der Waals surface area contributed by atoms with E-state index in [4.69, 9.17) is 17.3 Å². The zero-order valence-electron chi connectivity index (χ0n) is 9.16. The Morgan fingerprint density at radius 2 is 2.12 bits per heavy atom. The molecule has 16 heavy (non-hydrogen) atoms. The fourth-order valence-corrected chi connectivity index (χ4v) is 1.91. The van der Waals surface area contributed by atoms with E-state index in [1.54, 1.807) is 0 Å². The molecule has 3 nitrogen and oxygen atoms in total. The van der Waals surface area contributed by atoms with Crippen LogP contribution in [0.5, 0.6) is 0 Å². The summed E-state index contributed by atoms with van der Waals surface area (Å²) in [6.07, 6.45) is 1.54. The van der Waals surface area contributed by atoms with E-state index in [-0.39, 0.29) is 11.9 Å². The lowest BCUT2D eigenvalue weighted by molar-refractivity contribution is -0.123. The Labute approximate surface area is 100.0 Å². The molecule has 2 rings (SSSR count). The van der Waals surface area contributed by atoms with Gasteiger partial charge in [-0.05, 0) is 31.4 Å². The third-order valence-corrected chi connectivity index (χ3v) is 3.30. The summed E-state index contributed by atoms with van der Waals surface area (Å²) in [4.78, 5) is 11.7. The Hall–Kier alpha value is -1.06. The van der Waals surface area contributed by atoms with Crippen LogP contribution in [0.25, 0.3) is 0 Å². The van der Waals surface area contributed by atoms with Crippen molar-refractivity contribution in [2.75, 3.05) is 0 Å². The van der Waals surface area contributed by atoms with E-state index in [1.807, 2.05) is 31.2 Å². The van der Waals surface area contributed by atoms with Crippen molar-refractivity contribution in [3.05, 3.63) is 34.9 Å². The molecule has 0 spiro atoms. The summed E-state index contributed by atoms with van der Waals surface area (Å²) in [5, 5.41) is 3.56. The van der Waals surface area contributed by atoms with Gasteiger partial charge in [0.25, 0.3) is 0 Å². The van der Waals surface area contributed by atoms with Gasteiger partial charge in [-0.25, -0.2) is 0 Å². The molecule has 0 heterocycles. The monoisotopic (exact) mass is 238 g/mol. The molecule has 1 amide bonds. The minimum Gasteiger partial charge on any atom is -0.348 e. The summed E-state index contributed by atoms with van der Waals surface area (Å²) in [6, 6.07) is 7.38. The molecule has 0 aliphatic heterocycles. The fourth-order valence-electron chi connectivity index (χ4n) is 1.61. The molecule has 0 unspecified atom stereocenters. The van der Waals surface area contributed by atoms with Crippen LogP contribution in [0.15, 0.2) is 24.3 Å². The second kappa shape index (κ2) is 4.07. The highest BCUT2D eigenvalue weighted by molar-refractivity contribution is 6.31. The summed E-state index contributed by atoms with van der Waals surface area (Å²) in [5.74, 6) is -0.0834. The molecule has 1 aromatic rings. The van der Waals surface area contributed by atoms with Crippen molar-refractivity contribution in [3.63, 3.8) is 0 Å². The number of benzene rings is 1. The van der Waals surface area contributed by atoms with Crippen molar-refractivity contribution in [2.24, 2.45) is 5.73 Å². The average molecular weight is 239 g/mol. The standard InChI is InChI=1S/C12H15ClN2O/c1-8(9-4-2-3-5-10(9)13)15-11(16)12(14)6-7-12/h2-5,8H,6-7,14H2,1H3,(H,15,16)/t8-/m0/s1. The minimum atomic E-state index is -0.629. The van der Waals surface area contributed by atoms with E-state index in [0.29, 0.717) is 5.02 Å². The first-order valence-electron chi connectivity index (χ1n) is 5.37. The van der Waals surface area contributed by atoms with Crippen LogP contribution < -0.4 is 11.1 Å². The van der Waals surface area contributed by atoms with Crippen molar-refractivity contribution >= 4 is 17.5 Å². The Morgan fingerprint density at radius 1 is 1.50 bits per heavy atom. The summed E-state index contributed by atoms with van der Waals surface area (Å²) in [6.45, 7) is 1.91. The topological polar surface area (TPSA) is 55.1 Å². The number of rotatable bonds is 3. The Balaban J connectivity index is 2.06. The second-order valence-corrected chi connectivity index (χ2v) is 4.78. The summed E-state index contributed by atoms with van der Waals surface area (Å²) < 4.78 is 0. The third-order valence-electron chi connectivity index (χ3n) is 2.96. The molecule has 86 valence electrons. The first-order chi connectivity index (χ1) is 7.53. The predicted octanol–water partition coefficient (Wildman–Crippen LogP) is 2.01. The maximum atomic E-state index is 11.7. The Kier molecular flexibility index (Phi) is 2.91. The van der Waals surface area contributed by atoms with E-state index in [0.717, 1.165) is 18.4 Å². The van der Waals surface area contributed by atoms with Gasteiger partial charge in [0.05, 0.1) is 11.6 Å². The van der Waals surface area contributed by atoms with Gasteiger partial charge in [0.2, 0.25) is 5.91 Å². The summed E-state index contributed by atoms with van der Waals surface area (Å²) >= 11 is 6.05. The number of hydrogen-bond acceptors (Lipinski definition) is 2. The number of halogens is 1. The summed E-state index contributed by atoms with van der Waals surface area (Å²) in [5.41, 5.74) is 6.10. The molecule has 0 bridgehead atoms. The van der Waals surface area contributed by atoms with E-state index in [2.05, 4.69) is 5.32 Å². The van der Waals surface area contributed by atoms with Crippen molar-refractivity contribution in [1.82, 2.24) is 5.32 Å². The molecule has 3 N–H and O–H groups in total. The molecule has 1 aromatic carbocycles. The van der Waals surface area contributed by atoms with Crippen LogP contribution in [0.4, 0.5) is 0 Å². The normalized spacial score (nSPS) is 18.9. The van der Waals surface area contributed by atoms with E-state index < -0.39 is 5.54 Å². The molecule has 1 saturated carbocycles. The fraction of sp³-hybridized carbons (Fsp3) is 0.417. The van der Waals surface area contributed by atoms with Crippen LogP contribution in [-0.4, -0.2) is 11.4 Å². The molecular weight excluding hydrogens is 224 g/mol. The van der Waals surface area contributed by atoms with Gasteiger partial charge in [-0.3, -0.25) is 4.79 Å². The molecule has 1 aliphatic rings. The third kappa shape index (κ3) is 2.20. The van der Waals surface area contributed by atoms with Crippen LogP contribution in [0, 0.1) is 0 Å². The highest BCUT2D eigenvalue weighted by Crippen LogP contribution is 2.33. The number of hydrogen-bond donors (Lipinski definition) is 2. The molecule has 4 heteroatoms. The maximum Gasteiger partial charge on any atom is 0.240 e. The molecule has 0 aromatic heterocycles. The largest absolute Gasteiger partial charge is 0.348 e. The van der Waals surface area contributed by atoms with Crippen LogP contribution in [-0.2, 0) is 4.79 Å². The number of carbonyl (C=O) groups is 1. The number of amides is 1. The lowest BCUT2D eigenvalue weighted by Crippen LogP contribution is -2.43. The lowest BCUT2D eigenvalue weighted by atomic mass is 10.1. The van der Waals surface area contributed by atoms with E-state index >= 15 is 0 Å². The van der Waals surface area contributed by atoms with Crippen molar-refractivity contribution in [1.29, 1.82) is 0 Å². The van der Waals surface area contributed by atoms with Crippen molar-refractivity contribution in [3.8, 4) is 0 Å². The highest BCUT2D eigenvalue weighted by Gasteiger charge is 2.46. The van der Waals surface area contributed by atoms with Crippen molar-refractivity contribution in [2.45, 2.75) is 31.3 Å². The quantitative estimate of drug-likeness (QED) is 0.847. The molecule has 1 fully saturated rings. The van der Waals surface area contributed by atoms with Gasteiger partial charge in [0, 0.05) is 5.02 Å². The first kappa shape index (κ1) is 11.4. The van der Waals surface area contributed by atoms with E-state index in [9.17, 15) is 4.79 Å². The van der Waals surface area contributed by atoms with Gasteiger partial charge in [-0.2, -0.15) is 0 Å². The Bertz CT molecular complexity index is 415. The minimum absolute atomic E-state index is 0.0834. The molecule has 1 aliphatic carbocycles. The molecule has 0 radical (unpaired) electrons. The van der Waals surface area contributed by atoms with Crippen LogP contribution >= 0.6 is 11.6 Å². The average Bonchev–Trinajstić information content (AvgIpc) is 2.98. The summed E-state index contributed by atoms with van der Waals surface area (Å²) in [7, 11) is 0. The Morgan fingerprint density at radius 3 is 2.69 bits per heavy atom. The van der Waals surface area contributed by atoms with E-state index in [1.165, 1.54) is 0 Å². The second-order valence-electron chi connectivity index (χ2n) is 4.37. The van der Waals surface area contributed by atoms with Gasteiger partial charge in [0.15, 0.2) is 0 Å². The van der Waals surface area contributed by atoms with Crippen LogP contribution in [0.1, 0.15) is 31.4 Å². The van der Waals surface area contributed by atoms with Crippen molar-refractivity contribution < 1.29 is 4.79 Å². The smallest absolute Gasteiger partial charge is 0.240 e. The number of nitrogens with two attached hydrogens (primary N) is 1. The number of carbonyl (C=O) groups excluding carboxylic acids is 1. The first-order valence-corrected chi connectivity index (χ1v) is 5.75. The molecule has 0 saturated heterocycles. The van der Waals surface area contributed by atoms with Gasteiger partial charge in [-0.15, -0.1) is 0 Å².